The Hall–Kier alpha value is -2.34. The van der Waals surface area contributed by atoms with Crippen molar-refractivity contribution >= 4 is 29.2 Å². The summed E-state index contributed by atoms with van der Waals surface area (Å²) in [7, 11) is 1.27. The Balaban J connectivity index is 2.14. The van der Waals surface area contributed by atoms with Crippen LogP contribution in [0.5, 0.6) is 0 Å². The SMILES string of the molecule is COC(=O)c1cc(NC(=O)c2cc(CC(C)C)[nH]n2)ccc1Cl. The average Bonchev–Trinajstić information content (AvgIpc) is 2.96. The van der Waals surface area contributed by atoms with Crippen LogP contribution in [0.4, 0.5) is 5.69 Å². The number of benzene rings is 1. The molecule has 7 heteroatoms. The number of rotatable bonds is 5. The number of anilines is 1. The molecule has 122 valence electrons. The molecule has 0 fully saturated rings. The van der Waals surface area contributed by atoms with Gasteiger partial charge in [-0.2, -0.15) is 5.10 Å². The zero-order chi connectivity index (χ0) is 17.0. The van der Waals surface area contributed by atoms with E-state index in [1.165, 1.54) is 19.2 Å². The number of aromatic nitrogens is 2. The fraction of sp³-hybridized carbons (Fsp3) is 0.312. The first-order valence-electron chi connectivity index (χ1n) is 7.14. The number of methoxy groups -OCH3 is 1. The molecule has 0 radical (unpaired) electrons. The molecule has 23 heavy (non-hydrogen) atoms. The molecule has 0 aliphatic heterocycles. The van der Waals surface area contributed by atoms with E-state index in [2.05, 4.69) is 34.1 Å². The van der Waals surface area contributed by atoms with Gasteiger partial charge >= 0.3 is 5.97 Å². The molecule has 1 aromatic carbocycles. The number of nitrogens with one attached hydrogen (secondary N) is 2. The minimum absolute atomic E-state index is 0.189. The lowest BCUT2D eigenvalue weighted by molar-refractivity contribution is 0.0600. The first-order chi connectivity index (χ1) is 10.9. The van der Waals surface area contributed by atoms with E-state index in [1.807, 2.05) is 0 Å². The summed E-state index contributed by atoms with van der Waals surface area (Å²) in [6.07, 6.45) is 0.813. The molecule has 0 bridgehead atoms. The fourth-order valence-corrected chi connectivity index (χ4v) is 2.28. The monoisotopic (exact) mass is 335 g/mol. The van der Waals surface area contributed by atoms with E-state index >= 15 is 0 Å². The predicted octanol–water partition coefficient (Wildman–Crippen LogP) is 3.30. The standard InChI is InChI=1S/C16H18ClN3O3/c1-9(2)6-11-8-14(20-19-11)15(21)18-10-4-5-13(17)12(7-10)16(22)23-3/h4-5,7-9H,6H2,1-3H3,(H,18,21)(H,19,20). The zero-order valence-electron chi connectivity index (χ0n) is 13.1. The summed E-state index contributed by atoms with van der Waals surface area (Å²) in [5.41, 5.74) is 1.81. The average molecular weight is 336 g/mol. The summed E-state index contributed by atoms with van der Waals surface area (Å²) < 4.78 is 4.65. The number of carbonyl (C=O) groups excluding carboxylic acids is 2. The summed E-state index contributed by atoms with van der Waals surface area (Å²) in [6.45, 7) is 4.17. The molecule has 0 saturated heterocycles. The number of esters is 1. The van der Waals surface area contributed by atoms with Gasteiger partial charge < -0.3 is 10.1 Å². The van der Waals surface area contributed by atoms with Gasteiger partial charge in [-0.3, -0.25) is 9.89 Å². The van der Waals surface area contributed by atoms with Crippen LogP contribution in [-0.2, 0) is 11.2 Å². The van der Waals surface area contributed by atoms with Crippen LogP contribution in [0.2, 0.25) is 5.02 Å². The summed E-state index contributed by atoms with van der Waals surface area (Å²) in [6, 6.07) is 6.31. The molecule has 0 spiro atoms. The summed E-state index contributed by atoms with van der Waals surface area (Å²) >= 11 is 5.94. The van der Waals surface area contributed by atoms with E-state index in [0.717, 1.165) is 12.1 Å². The van der Waals surface area contributed by atoms with Gasteiger partial charge in [0, 0.05) is 11.4 Å². The Morgan fingerprint density at radius 1 is 1.35 bits per heavy atom. The second-order valence-electron chi connectivity index (χ2n) is 5.52. The Morgan fingerprint density at radius 2 is 2.09 bits per heavy atom. The highest BCUT2D eigenvalue weighted by Crippen LogP contribution is 2.22. The minimum atomic E-state index is -0.565. The number of carbonyl (C=O) groups is 2. The van der Waals surface area contributed by atoms with Crippen LogP contribution in [-0.4, -0.2) is 29.2 Å². The largest absolute Gasteiger partial charge is 0.465 e. The highest BCUT2D eigenvalue weighted by molar-refractivity contribution is 6.33. The number of nitrogens with zero attached hydrogens (tertiary/aromatic N) is 1. The molecule has 0 aliphatic carbocycles. The van der Waals surface area contributed by atoms with Crippen LogP contribution >= 0.6 is 11.6 Å². The Labute approximate surface area is 139 Å². The third-order valence-corrected chi connectivity index (χ3v) is 3.45. The minimum Gasteiger partial charge on any atom is -0.465 e. The second-order valence-corrected chi connectivity index (χ2v) is 5.92. The Kier molecular flexibility index (Phi) is 5.39. The van der Waals surface area contributed by atoms with E-state index in [4.69, 9.17) is 11.6 Å². The lowest BCUT2D eigenvalue weighted by Crippen LogP contribution is -2.13. The summed E-state index contributed by atoms with van der Waals surface area (Å²) in [5, 5.41) is 9.79. The topological polar surface area (TPSA) is 84.1 Å². The molecule has 0 atom stereocenters. The smallest absolute Gasteiger partial charge is 0.339 e. The number of amides is 1. The Morgan fingerprint density at radius 3 is 2.74 bits per heavy atom. The van der Waals surface area contributed by atoms with Crippen LogP contribution in [0.1, 0.15) is 40.4 Å². The van der Waals surface area contributed by atoms with Crippen molar-refractivity contribution in [3.05, 3.63) is 46.2 Å². The van der Waals surface area contributed by atoms with E-state index in [-0.39, 0.29) is 22.2 Å². The third-order valence-electron chi connectivity index (χ3n) is 3.12. The number of ether oxygens (including phenoxy) is 1. The van der Waals surface area contributed by atoms with Gasteiger partial charge in [0.15, 0.2) is 5.69 Å². The second kappa shape index (κ2) is 7.28. The number of H-pyrrole nitrogens is 1. The lowest BCUT2D eigenvalue weighted by Gasteiger charge is -2.07. The van der Waals surface area contributed by atoms with Crippen molar-refractivity contribution in [1.82, 2.24) is 10.2 Å². The van der Waals surface area contributed by atoms with E-state index < -0.39 is 5.97 Å². The molecular weight excluding hydrogens is 318 g/mol. The van der Waals surface area contributed by atoms with Crippen LogP contribution in [0.3, 0.4) is 0 Å². The first-order valence-corrected chi connectivity index (χ1v) is 7.52. The molecule has 1 amide bonds. The van der Waals surface area contributed by atoms with Crippen LogP contribution < -0.4 is 5.32 Å². The summed E-state index contributed by atoms with van der Waals surface area (Å²) in [4.78, 5) is 23.8. The van der Waals surface area contributed by atoms with Gasteiger partial charge in [-0.15, -0.1) is 0 Å². The van der Waals surface area contributed by atoms with Gasteiger partial charge in [0.05, 0.1) is 17.7 Å². The number of aromatic amines is 1. The van der Waals surface area contributed by atoms with Gasteiger partial charge in [0.1, 0.15) is 0 Å². The fourth-order valence-electron chi connectivity index (χ4n) is 2.09. The maximum atomic E-state index is 12.2. The molecule has 0 unspecified atom stereocenters. The quantitative estimate of drug-likeness (QED) is 0.821. The van der Waals surface area contributed by atoms with Gasteiger partial charge in [-0.05, 0) is 36.6 Å². The van der Waals surface area contributed by atoms with Crippen molar-refractivity contribution in [3.8, 4) is 0 Å². The van der Waals surface area contributed by atoms with Gasteiger partial charge in [0.25, 0.3) is 5.91 Å². The van der Waals surface area contributed by atoms with Crippen LogP contribution in [0.15, 0.2) is 24.3 Å². The first kappa shape index (κ1) is 17.0. The number of hydrogen-bond donors (Lipinski definition) is 2. The number of hydrogen-bond acceptors (Lipinski definition) is 4. The predicted molar refractivity (Wildman–Crippen MR) is 87.9 cm³/mol. The molecular formula is C16H18ClN3O3. The van der Waals surface area contributed by atoms with Crippen molar-refractivity contribution in [2.45, 2.75) is 20.3 Å². The molecule has 2 N–H and O–H groups in total. The molecule has 1 aromatic heterocycles. The molecule has 6 nitrogen and oxygen atoms in total. The van der Waals surface area contributed by atoms with E-state index in [0.29, 0.717) is 11.6 Å². The van der Waals surface area contributed by atoms with E-state index in [1.54, 1.807) is 12.1 Å². The Bertz CT molecular complexity index is 725. The highest BCUT2D eigenvalue weighted by atomic mass is 35.5. The van der Waals surface area contributed by atoms with Crippen molar-refractivity contribution in [2.75, 3.05) is 12.4 Å². The van der Waals surface area contributed by atoms with Crippen LogP contribution in [0.25, 0.3) is 0 Å². The molecule has 2 aromatic rings. The van der Waals surface area contributed by atoms with Crippen molar-refractivity contribution in [2.24, 2.45) is 5.92 Å². The number of halogens is 1. The van der Waals surface area contributed by atoms with Crippen molar-refractivity contribution in [3.63, 3.8) is 0 Å². The highest BCUT2D eigenvalue weighted by Gasteiger charge is 2.15. The van der Waals surface area contributed by atoms with Crippen molar-refractivity contribution < 1.29 is 14.3 Å². The zero-order valence-corrected chi connectivity index (χ0v) is 13.9. The maximum absolute atomic E-state index is 12.2. The van der Waals surface area contributed by atoms with Crippen LogP contribution in [0, 0.1) is 5.92 Å². The van der Waals surface area contributed by atoms with E-state index in [9.17, 15) is 9.59 Å². The van der Waals surface area contributed by atoms with Gasteiger partial charge in [-0.1, -0.05) is 25.4 Å². The normalized spacial score (nSPS) is 10.7. The lowest BCUT2D eigenvalue weighted by atomic mass is 10.1. The third kappa shape index (κ3) is 4.32. The molecule has 2 rings (SSSR count). The summed E-state index contributed by atoms with van der Waals surface area (Å²) in [5.74, 6) is -0.468. The molecule has 0 aliphatic rings. The van der Waals surface area contributed by atoms with Gasteiger partial charge in [-0.25, -0.2) is 4.79 Å². The molecule has 0 saturated carbocycles. The van der Waals surface area contributed by atoms with Gasteiger partial charge in [0.2, 0.25) is 0 Å². The maximum Gasteiger partial charge on any atom is 0.339 e. The van der Waals surface area contributed by atoms with Crippen molar-refractivity contribution in [1.29, 1.82) is 0 Å². The molecule has 1 heterocycles.